The summed E-state index contributed by atoms with van der Waals surface area (Å²) in [4.78, 5) is 12.8. The highest BCUT2D eigenvalue weighted by molar-refractivity contribution is 5.91. The summed E-state index contributed by atoms with van der Waals surface area (Å²) in [5.41, 5.74) is 0. The topological polar surface area (TPSA) is 29.5 Å². The van der Waals surface area contributed by atoms with Crippen LogP contribution in [0.3, 0.4) is 0 Å². The van der Waals surface area contributed by atoms with Crippen LogP contribution in [0.15, 0.2) is 12.2 Å². The predicted octanol–water partition coefficient (Wildman–Crippen LogP) is 0.130. The molecule has 2 rings (SSSR count). The molecule has 0 aliphatic carbocycles. The lowest BCUT2D eigenvalue weighted by Crippen LogP contribution is -2.34. The van der Waals surface area contributed by atoms with Crippen LogP contribution in [-0.4, -0.2) is 29.7 Å². The van der Waals surface area contributed by atoms with Crippen LogP contribution in [-0.2, 0) is 9.53 Å². The quantitative estimate of drug-likeness (QED) is 0.477. The highest BCUT2D eigenvalue weighted by atomic mass is 16.5. The summed E-state index contributed by atoms with van der Waals surface area (Å²) in [6, 6.07) is 0.211. The lowest BCUT2D eigenvalue weighted by atomic mass is 10.3. The molecule has 1 amide bonds. The summed E-state index contributed by atoms with van der Waals surface area (Å²) in [5.74, 6) is 0.0787. The second-order valence-electron chi connectivity index (χ2n) is 2.60. The van der Waals surface area contributed by atoms with E-state index in [2.05, 4.69) is 0 Å². The number of hydrogen-bond acceptors (Lipinski definition) is 2. The molecule has 0 N–H and O–H groups in total. The smallest absolute Gasteiger partial charge is 0.248 e. The van der Waals surface area contributed by atoms with Crippen molar-refractivity contribution in [3.8, 4) is 0 Å². The van der Waals surface area contributed by atoms with Crippen LogP contribution in [0.25, 0.3) is 0 Å². The fraction of sp³-hybridized carbons (Fsp3) is 0.571. The van der Waals surface area contributed by atoms with Crippen LogP contribution in [0.5, 0.6) is 0 Å². The second-order valence-corrected chi connectivity index (χ2v) is 2.60. The zero-order chi connectivity index (χ0) is 7.14. The van der Waals surface area contributed by atoms with Gasteiger partial charge in [-0.05, 0) is 6.92 Å². The van der Waals surface area contributed by atoms with Gasteiger partial charge in [-0.2, -0.15) is 0 Å². The SMILES string of the molecule is C[C@@H]1OC[C@H]2C=CC(=O)N21. The number of rotatable bonds is 0. The molecule has 2 atom stereocenters. The van der Waals surface area contributed by atoms with Gasteiger partial charge < -0.3 is 9.64 Å². The first-order chi connectivity index (χ1) is 4.79. The Labute approximate surface area is 59.3 Å². The Morgan fingerprint density at radius 1 is 1.80 bits per heavy atom. The van der Waals surface area contributed by atoms with Crippen LogP contribution in [0, 0.1) is 0 Å². The summed E-state index contributed by atoms with van der Waals surface area (Å²) in [7, 11) is 0. The molecule has 0 aromatic carbocycles. The summed E-state index contributed by atoms with van der Waals surface area (Å²) < 4.78 is 5.24. The lowest BCUT2D eigenvalue weighted by molar-refractivity contribution is -0.129. The van der Waals surface area contributed by atoms with E-state index in [-0.39, 0.29) is 18.2 Å². The molecule has 0 unspecified atom stereocenters. The van der Waals surface area contributed by atoms with Gasteiger partial charge in [0.05, 0.1) is 12.6 Å². The zero-order valence-electron chi connectivity index (χ0n) is 5.78. The van der Waals surface area contributed by atoms with Gasteiger partial charge in [-0.15, -0.1) is 0 Å². The Hall–Kier alpha value is -0.830. The number of nitrogens with zero attached hydrogens (tertiary/aromatic N) is 1. The summed E-state index contributed by atoms with van der Waals surface area (Å²) in [6.07, 6.45) is 3.47. The number of ether oxygens (including phenoxy) is 1. The standard InChI is InChI=1S/C7H9NO2/c1-5-8-6(4-10-5)2-3-7(8)9/h2-3,5-6H,4H2,1H3/t5-,6+/m0/s1. The molecule has 0 aromatic heterocycles. The van der Waals surface area contributed by atoms with Gasteiger partial charge in [-0.1, -0.05) is 6.08 Å². The Kier molecular flexibility index (Phi) is 1.08. The highest BCUT2D eigenvalue weighted by Gasteiger charge is 2.36. The van der Waals surface area contributed by atoms with Gasteiger partial charge in [0.15, 0.2) is 0 Å². The fourth-order valence-corrected chi connectivity index (χ4v) is 1.44. The molecular formula is C7H9NO2. The maximum Gasteiger partial charge on any atom is 0.248 e. The van der Waals surface area contributed by atoms with Crippen molar-refractivity contribution in [3.63, 3.8) is 0 Å². The predicted molar refractivity (Wildman–Crippen MR) is 35.2 cm³/mol. The van der Waals surface area contributed by atoms with Crippen molar-refractivity contribution >= 4 is 5.91 Å². The van der Waals surface area contributed by atoms with E-state index in [4.69, 9.17) is 4.74 Å². The number of carbonyl (C=O) groups is 1. The van der Waals surface area contributed by atoms with Crippen molar-refractivity contribution in [2.24, 2.45) is 0 Å². The minimum atomic E-state index is -0.0347. The molecule has 1 fully saturated rings. The maximum atomic E-state index is 11.0. The molecule has 1 saturated heterocycles. The summed E-state index contributed by atoms with van der Waals surface area (Å²) in [6.45, 7) is 2.55. The average Bonchev–Trinajstić information content (AvgIpc) is 2.40. The minimum absolute atomic E-state index is 0.0347. The lowest BCUT2D eigenvalue weighted by Gasteiger charge is -2.17. The Morgan fingerprint density at radius 3 is 3.30 bits per heavy atom. The van der Waals surface area contributed by atoms with E-state index in [9.17, 15) is 4.79 Å². The molecule has 0 radical (unpaired) electrons. The molecule has 0 bridgehead atoms. The third kappa shape index (κ3) is 0.609. The molecule has 2 heterocycles. The monoisotopic (exact) mass is 139 g/mol. The number of carbonyl (C=O) groups excluding carboxylic acids is 1. The van der Waals surface area contributed by atoms with E-state index in [0.717, 1.165) is 0 Å². The Balaban J connectivity index is 2.25. The van der Waals surface area contributed by atoms with Gasteiger partial charge in [0.25, 0.3) is 0 Å². The van der Waals surface area contributed by atoms with E-state index in [1.165, 1.54) is 0 Å². The number of hydrogen-bond donors (Lipinski definition) is 0. The Bertz CT molecular complexity index is 200. The van der Waals surface area contributed by atoms with Crippen molar-refractivity contribution in [3.05, 3.63) is 12.2 Å². The van der Waals surface area contributed by atoms with Crippen molar-refractivity contribution in [1.29, 1.82) is 0 Å². The van der Waals surface area contributed by atoms with E-state index in [1.54, 1.807) is 11.0 Å². The zero-order valence-corrected chi connectivity index (χ0v) is 5.78. The van der Waals surface area contributed by atoms with Crippen molar-refractivity contribution in [2.75, 3.05) is 6.61 Å². The minimum Gasteiger partial charge on any atom is -0.356 e. The molecule has 0 aromatic rings. The highest BCUT2D eigenvalue weighted by Crippen LogP contribution is 2.22. The molecule has 54 valence electrons. The third-order valence-corrected chi connectivity index (χ3v) is 1.97. The first kappa shape index (κ1) is 5.92. The molecule has 0 spiro atoms. The van der Waals surface area contributed by atoms with E-state index >= 15 is 0 Å². The van der Waals surface area contributed by atoms with Crippen LogP contribution >= 0.6 is 0 Å². The second kappa shape index (κ2) is 1.83. The van der Waals surface area contributed by atoms with Gasteiger partial charge in [0, 0.05) is 6.08 Å². The van der Waals surface area contributed by atoms with Crippen LogP contribution in [0.1, 0.15) is 6.92 Å². The first-order valence-corrected chi connectivity index (χ1v) is 3.41. The largest absolute Gasteiger partial charge is 0.356 e. The van der Waals surface area contributed by atoms with Gasteiger partial charge in [0.1, 0.15) is 6.23 Å². The first-order valence-electron chi connectivity index (χ1n) is 3.41. The summed E-state index contributed by atoms with van der Waals surface area (Å²) in [5, 5.41) is 0. The van der Waals surface area contributed by atoms with Crippen LogP contribution < -0.4 is 0 Å². The summed E-state index contributed by atoms with van der Waals surface area (Å²) >= 11 is 0. The Morgan fingerprint density at radius 2 is 2.60 bits per heavy atom. The number of fused-ring (bicyclic) bond motifs is 1. The van der Waals surface area contributed by atoms with Crippen molar-refractivity contribution < 1.29 is 9.53 Å². The van der Waals surface area contributed by atoms with E-state index < -0.39 is 0 Å². The molecule has 0 saturated carbocycles. The fourth-order valence-electron chi connectivity index (χ4n) is 1.44. The van der Waals surface area contributed by atoms with Gasteiger partial charge >= 0.3 is 0 Å². The van der Waals surface area contributed by atoms with Crippen molar-refractivity contribution in [1.82, 2.24) is 4.90 Å². The molecular weight excluding hydrogens is 130 g/mol. The average molecular weight is 139 g/mol. The van der Waals surface area contributed by atoms with Crippen LogP contribution in [0.4, 0.5) is 0 Å². The van der Waals surface area contributed by atoms with Gasteiger partial charge in [0.2, 0.25) is 5.91 Å². The molecule has 3 nitrogen and oxygen atoms in total. The maximum absolute atomic E-state index is 11.0. The van der Waals surface area contributed by atoms with Crippen LogP contribution in [0.2, 0.25) is 0 Å². The molecule has 10 heavy (non-hydrogen) atoms. The normalized spacial score (nSPS) is 37.3. The molecule has 2 aliphatic heterocycles. The van der Waals surface area contributed by atoms with E-state index in [1.807, 2.05) is 13.0 Å². The van der Waals surface area contributed by atoms with Gasteiger partial charge in [-0.3, -0.25) is 4.79 Å². The molecule has 3 heteroatoms. The number of amides is 1. The van der Waals surface area contributed by atoms with Gasteiger partial charge in [-0.25, -0.2) is 0 Å². The molecule has 2 aliphatic rings. The van der Waals surface area contributed by atoms with Crippen molar-refractivity contribution in [2.45, 2.75) is 19.2 Å². The van der Waals surface area contributed by atoms with E-state index in [0.29, 0.717) is 6.61 Å². The third-order valence-electron chi connectivity index (χ3n) is 1.97.